The predicted molar refractivity (Wildman–Crippen MR) is 85.6 cm³/mol. The Morgan fingerprint density at radius 1 is 1.46 bits per heavy atom. The fourth-order valence-electron chi connectivity index (χ4n) is 2.31. The molecule has 1 fully saturated rings. The van der Waals surface area contributed by atoms with Gasteiger partial charge in [-0.3, -0.25) is 14.9 Å². The van der Waals surface area contributed by atoms with Gasteiger partial charge in [0.05, 0.1) is 25.4 Å². The molecule has 6 nitrogen and oxygen atoms in total. The molecule has 0 spiro atoms. The first-order valence-corrected chi connectivity index (χ1v) is 7.71. The number of rotatable bonds is 6. The summed E-state index contributed by atoms with van der Waals surface area (Å²) in [6, 6.07) is 3.85. The molecule has 0 saturated carbocycles. The van der Waals surface area contributed by atoms with Gasteiger partial charge in [-0.05, 0) is 18.2 Å². The number of methoxy groups -OCH3 is 1. The number of carbonyl (C=O) groups excluding carboxylic acids is 2. The van der Waals surface area contributed by atoms with Crippen LogP contribution in [0, 0.1) is 0 Å². The number of benzene rings is 1. The van der Waals surface area contributed by atoms with Crippen molar-refractivity contribution >= 4 is 29.1 Å². The molecule has 0 bridgehead atoms. The van der Waals surface area contributed by atoms with Gasteiger partial charge in [0.25, 0.3) is 5.92 Å². The number of alkyl halides is 2. The van der Waals surface area contributed by atoms with Crippen LogP contribution < -0.4 is 20.7 Å². The summed E-state index contributed by atoms with van der Waals surface area (Å²) in [6.07, 6.45) is -0.546. The Hall–Kier alpha value is -1.93. The number of halogens is 3. The van der Waals surface area contributed by atoms with Crippen LogP contribution in [-0.4, -0.2) is 44.0 Å². The largest absolute Gasteiger partial charge is 0.495 e. The van der Waals surface area contributed by atoms with Gasteiger partial charge >= 0.3 is 0 Å². The third-order valence-electron chi connectivity index (χ3n) is 3.51. The summed E-state index contributed by atoms with van der Waals surface area (Å²) in [5.41, 5.74) is 0.415. The smallest absolute Gasteiger partial charge is 0.262 e. The van der Waals surface area contributed by atoms with Crippen LogP contribution in [0.3, 0.4) is 0 Å². The average molecular weight is 362 g/mol. The van der Waals surface area contributed by atoms with E-state index >= 15 is 0 Å². The minimum atomic E-state index is -2.87. The Morgan fingerprint density at radius 2 is 2.21 bits per heavy atom. The van der Waals surface area contributed by atoms with E-state index in [0.717, 1.165) is 0 Å². The normalized spacial score (nSPS) is 18.9. The zero-order valence-corrected chi connectivity index (χ0v) is 13.8. The summed E-state index contributed by atoms with van der Waals surface area (Å²) in [5.74, 6) is -3.32. The Bertz CT molecular complexity index is 628. The highest BCUT2D eigenvalue weighted by molar-refractivity contribution is 6.31. The van der Waals surface area contributed by atoms with Crippen molar-refractivity contribution in [2.75, 3.05) is 25.5 Å². The van der Waals surface area contributed by atoms with Gasteiger partial charge in [0.15, 0.2) is 0 Å². The van der Waals surface area contributed by atoms with Crippen molar-refractivity contribution in [3.63, 3.8) is 0 Å². The molecule has 1 atom stereocenters. The SMILES string of the molecule is COc1ccc(Cl)cc1NC(=O)CCNC(=O)C1CC(F)(F)CN1. The Morgan fingerprint density at radius 3 is 2.83 bits per heavy atom. The Kier molecular flexibility index (Phi) is 5.95. The van der Waals surface area contributed by atoms with Crippen molar-refractivity contribution in [1.29, 1.82) is 0 Å². The second kappa shape index (κ2) is 7.76. The van der Waals surface area contributed by atoms with Gasteiger partial charge in [0, 0.05) is 24.4 Å². The van der Waals surface area contributed by atoms with Gasteiger partial charge in [0.1, 0.15) is 5.75 Å². The molecule has 132 valence electrons. The summed E-state index contributed by atoms with van der Waals surface area (Å²) in [5, 5.41) is 7.98. The van der Waals surface area contributed by atoms with Crippen LogP contribution in [0.25, 0.3) is 0 Å². The zero-order valence-electron chi connectivity index (χ0n) is 13.0. The van der Waals surface area contributed by atoms with Crippen LogP contribution in [-0.2, 0) is 9.59 Å². The molecular weight excluding hydrogens is 344 g/mol. The summed E-state index contributed by atoms with van der Waals surface area (Å²) >= 11 is 5.87. The molecule has 2 amide bonds. The summed E-state index contributed by atoms with van der Waals surface area (Å²) in [7, 11) is 1.46. The number of amides is 2. The molecule has 1 aromatic carbocycles. The van der Waals surface area contributed by atoms with Crippen molar-refractivity contribution in [2.24, 2.45) is 0 Å². The quantitative estimate of drug-likeness (QED) is 0.721. The van der Waals surface area contributed by atoms with E-state index < -0.39 is 30.8 Å². The molecule has 2 rings (SSSR count). The highest BCUT2D eigenvalue weighted by Gasteiger charge is 2.42. The van der Waals surface area contributed by atoms with Crippen LogP contribution >= 0.6 is 11.6 Å². The third-order valence-corrected chi connectivity index (χ3v) is 3.75. The fraction of sp³-hybridized carbons (Fsp3) is 0.467. The summed E-state index contributed by atoms with van der Waals surface area (Å²) in [6.45, 7) is -0.475. The van der Waals surface area contributed by atoms with Crippen LogP contribution in [0.2, 0.25) is 5.02 Å². The summed E-state index contributed by atoms with van der Waals surface area (Å²) < 4.78 is 31.2. The molecule has 9 heteroatoms. The molecule has 1 aliphatic heterocycles. The number of nitrogens with one attached hydrogen (secondary N) is 3. The molecular formula is C15H18ClF2N3O3. The van der Waals surface area contributed by atoms with Gasteiger partial charge in [-0.2, -0.15) is 0 Å². The molecule has 1 aliphatic rings. The molecule has 0 aliphatic carbocycles. The molecule has 1 aromatic rings. The molecule has 0 aromatic heterocycles. The van der Waals surface area contributed by atoms with Gasteiger partial charge in [-0.15, -0.1) is 0 Å². The molecule has 3 N–H and O–H groups in total. The monoisotopic (exact) mass is 361 g/mol. The standard InChI is InChI=1S/C15H18ClF2N3O3/c1-24-12-3-2-9(16)6-10(12)21-13(22)4-5-19-14(23)11-7-15(17,18)8-20-11/h2-3,6,11,20H,4-5,7-8H2,1H3,(H,19,23)(H,21,22). The number of carbonyl (C=O) groups is 2. The second-order valence-corrected chi connectivity index (χ2v) is 5.86. The summed E-state index contributed by atoms with van der Waals surface area (Å²) in [4.78, 5) is 23.6. The van der Waals surface area contributed by atoms with Crippen molar-refractivity contribution < 1.29 is 23.1 Å². The molecule has 1 heterocycles. The highest BCUT2D eigenvalue weighted by atomic mass is 35.5. The maximum absolute atomic E-state index is 13.0. The maximum Gasteiger partial charge on any atom is 0.262 e. The topological polar surface area (TPSA) is 79.5 Å². The number of anilines is 1. The maximum atomic E-state index is 13.0. The molecule has 1 saturated heterocycles. The molecule has 24 heavy (non-hydrogen) atoms. The van der Waals surface area contributed by atoms with E-state index in [0.29, 0.717) is 16.5 Å². The van der Waals surface area contributed by atoms with E-state index in [1.807, 2.05) is 0 Å². The van der Waals surface area contributed by atoms with E-state index in [-0.39, 0.29) is 18.9 Å². The Labute approximate surface area is 142 Å². The highest BCUT2D eigenvalue weighted by Crippen LogP contribution is 2.27. The lowest BCUT2D eigenvalue weighted by molar-refractivity contribution is -0.123. The first kappa shape index (κ1) is 18.4. The first-order valence-electron chi connectivity index (χ1n) is 7.33. The van der Waals surface area contributed by atoms with Gasteiger partial charge in [-0.1, -0.05) is 11.6 Å². The van der Waals surface area contributed by atoms with Crippen molar-refractivity contribution in [3.05, 3.63) is 23.2 Å². The number of ether oxygens (including phenoxy) is 1. The first-order chi connectivity index (χ1) is 11.3. The fourth-order valence-corrected chi connectivity index (χ4v) is 2.49. The minimum Gasteiger partial charge on any atom is -0.495 e. The van der Waals surface area contributed by atoms with Crippen molar-refractivity contribution in [2.45, 2.75) is 24.8 Å². The zero-order chi connectivity index (χ0) is 17.7. The van der Waals surface area contributed by atoms with Crippen LogP contribution in [0.1, 0.15) is 12.8 Å². The van der Waals surface area contributed by atoms with E-state index in [1.54, 1.807) is 18.2 Å². The van der Waals surface area contributed by atoms with Crippen molar-refractivity contribution in [3.8, 4) is 5.75 Å². The molecule has 0 radical (unpaired) electrons. The second-order valence-electron chi connectivity index (χ2n) is 5.43. The lowest BCUT2D eigenvalue weighted by atomic mass is 10.2. The van der Waals surface area contributed by atoms with E-state index in [4.69, 9.17) is 16.3 Å². The van der Waals surface area contributed by atoms with Crippen LogP contribution in [0.4, 0.5) is 14.5 Å². The van der Waals surface area contributed by atoms with Crippen molar-refractivity contribution in [1.82, 2.24) is 10.6 Å². The van der Waals surface area contributed by atoms with E-state index in [2.05, 4.69) is 16.0 Å². The van der Waals surface area contributed by atoms with Crippen LogP contribution in [0.5, 0.6) is 5.75 Å². The number of hydrogen-bond donors (Lipinski definition) is 3. The van der Waals surface area contributed by atoms with E-state index in [1.165, 1.54) is 7.11 Å². The number of hydrogen-bond acceptors (Lipinski definition) is 4. The van der Waals surface area contributed by atoms with E-state index in [9.17, 15) is 18.4 Å². The van der Waals surface area contributed by atoms with Crippen LogP contribution in [0.15, 0.2) is 18.2 Å². The molecule has 1 unspecified atom stereocenters. The van der Waals surface area contributed by atoms with Gasteiger partial charge in [0.2, 0.25) is 11.8 Å². The average Bonchev–Trinajstić information content (AvgIpc) is 2.87. The van der Waals surface area contributed by atoms with Gasteiger partial charge in [-0.25, -0.2) is 8.78 Å². The Balaban J connectivity index is 1.78. The van der Waals surface area contributed by atoms with Gasteiger partial charge < -0.3 is 15.4 Å². The minimum absolute atomic E-state index is 0.00940. The third kappa shape index (κ3) is 5.04. The predicted octanol–water partition coefficient (Wildman–Crippen LogP) is 1.79. The lowest BCUT2D eigenvalue weighted by Gasteiger charge is -2.12. The lowest BCUT2D eigenvalue weighted by Crippen LogP contribution is -2.41.